The summed E-state index contributed by atoms with van der Waals surface area (Å²) >= 11 is 0. The van der Waals surface area contributed by atoms with Gasteiger partial charge in [-0.3, -0.25) is 4.99 Å². The molecule has 4 heteroatoms. The number of hydrogen-bond acceptors (Lipinski definition) is 2. The summed E-state index contributed by atoms with van der Waals surface area (Å²) in [5, 5.41) is 6.70. The Balaban J connectivity index is 2.18. The standard InChI is InChI=1S/C12H26N4/c1-4-7-14-12(13-3)15-9-11-6-8-16(5-2)10-11/h11H,4-10H2,1-3H3,(H2,13,14,15). The molecule has 1 atom stereocenters. The third-order valence-corrected chi connectivity index (χ3v) is 3.14. The van der Waals surface area contributed by atoms with E-state index in [2.05, 4.69) is 34.4 Å². The molecule has 1 fully saturated rings. The van der Waals surface area contributed by atoms with Gasteiger partial charge in [-0.2, -0.15) is 0 Å². The van der Waals surface area contributed by atoms with Crippen LogP contribution in [0.3, 0.4) is 0 Å². The summed E-state index contributed by atoms with van der Waals surface area (Å²) in [6, 6.07) is 0. The summed E-state index contributed by atoms with van der Waals surface area (Å²) in [6.07, 6.45) is 2.44. The van der Waals surface area contributed by atoms with Crippen LogP contribution in [0.25, 0.3) is 0 Å². The van der Waals surface area contributed by atoms with E-state index in [9.17, 15) is 0 Å². The van der Waals surface area contributed by atoms with Gasteiger partial charge in [0.25, 0.3) is 0 Å². The molecule has 16 heavy (non-hydrogen) atoms. The molecule has 0 aromatic rings. The van der Waals surface area contributed by atoms with Crippen molar-refractivity contribution in [3.05, 3.63) is 0 Å². The Bertz CT molecular complexity index is 215. The van der Waals surface area contributed by atoms with Crippen molar-refractivity contribution >= 4 is 5.96 Å². The van der Waals surface area contributed by atoms with Gasteiger partial charge in [-0.05, 0) is 31.8 Å². The summed E-state index contributed by atoms with van der Waals surface area (Å²) in [6.45, 7) is 10.1. The van der Waals surface area contributed by atoms with E-state index in [0.717, 1.165) is 31.4 Å². The molecule has 0 aromatic heterocycles. The number of guanidine groups is 1. The Morgan fingerprint density at radius 2 is 2.19 bits per heavy atom. The van der Waals surface area contributed by atoms with Crippen LogP contribution >= 0.6 is 0 Å². The van der Waals surface area contributed by atoms with E-state index in [-0.39, 0.29) is 0 Å². The first-order valence-electron chi connectivity index (χ1n) is 6.47. The molecular formula is C12H26N4. The van der Waals surface area contributed by atoms with Crippen molar-refractivity contribution in [2.75, 3.05) is 39.8 Å². The van der Waals surface area contributed by atoms with E-state index in [4.69, 9.17) is 0 Å². The Labute approximate surface area is 99.5 Å². The third kappa shape index (κ3) is 4.39. The SMILES string of the molecule is CCCNC(=NC)NCC1CCN(CC)C1. The maximum atomic E-state index is 4.21. The van der Waals surface area contributed by atoms with Gasteiger partial charge in [0.1, 0.15) is 0 Å². The first-order valence-corrected chi connectivity index (χ1v) is 6.47. The normalized spacial score (nSPS) is 22.4. The number of nitrogens with one attached hydrogen (secondary N) is 2. The second-order valence-corrected chi connectivity index (χ2v) is 4.43. The molecule has 1 aliphatic heterocycles. The molecule has 1 unspecified atom stereocenters. The molecular weight excluding hydrogens is 200 g/mol. The van der Waals surface area contributed by atoms with Gasteiger partial charge in [-0.15, -0.1) is 0 Å². The maximum absolute atomic E-state index is 4.21. The summed E-state index contributed by atoms with van der Waals surface area (Å²) in [7, 11) is 1.83. The minimum atomic E-state index is 0.778. The number of nitrogens with zero attached hydrogens (tertiary/aromatic N) is 2. The fraction of sp³-hybridized carbons (Fsp3) is 0.917. The number of likely N-dealkylation sites (tertiary alicyclic amines) is 1. The van der Waals surface area contributed by atoms with E-state index in [1.54, 1.807) is 0 Å². The van der Waals surface area contributed by atoms with E-state index < -0.39 is 0 Å². The molecule has 0 aliphatic carbocycles. The predicted molar refractivity (Wildman–Crippen MR) is 69.9 cm³/mol. The second-order valence-electron chi connectivity index (χ2n) is 4.43. The Kier molecular flexibility index (Phi) is 6.23. The molecule has 1 heterocycles. The fourth-order valence-corrected chi connectivity index (χ4v) is 2.07. The number of hydrogen-bond donors (Lipinski definition) is 2. The van der Waals surface area contributed by atoms with Crippen LogP contribution in [0.5, 0.6) is 0 Å². The average molecular weight is 226 g/mol. The third-order valence-electron chi connectivity index (χ3n) is 3.14. The lowest BCUT2D eigenvalue weighted by Gasteiger charge is -2.16. The predicted octanol–water partition coefficient (Wildman–Crippen LogP) is 0.903. The first-order chi connectivity index (χ1) is 7.80. The minimum Gasteiger partial charge on any atom is -0.356 e. The van der Waals surface area contributed by atoms with Crippen molar-refractivity contribution in [3.63, 3.8) is 0 Å². The van der Waals surface area contributed by atoms with Gasteiger partial charge in [0.05, 0.1) is 0 Å². The highest BCUT2D eigenvalue weighted by Crippen LogP contribution is 2.14. The molecule has 0 spiro atoms. The molecule has 0 radical (unpaired) electrons. The zero-order valence-corrected chi connectivity index (χ0v) is 10.9. The van der Waals surface area contributed by atoms with E-state index >= 15 is 0 Å². The van der Waals surface area contributed by atoms with Crippen LogP contribution < -0.4 is 10.6 Å². The van der Waals surface area contributed by atoms with Crippen molar-refractivity contribution < 1.29 is 0 Å². The van der Waals surface area contributed by atoms with Gasteiger partial charge in [0.2, 0.25) is 0 Å². The van der Waals surface area contributed by atoms with Crippen LogP contribution in [0.15, 0.2) is 4.99 Å². The van der Waals surface area contributed by atoms with Gasteiger partial charge in [0.15, 0.2) is 5.96 Å². The van der Waals surface area contributed by atoms with Gasteiger partial charge in [-0.1, -0.05) is 13.8 Å². The maximum Gasteiger partial charge on any atom is 0.190 e. The summed E-state index contributed by atoms with van der Waals surface area (Å²) < 4.78 is 0. The van der Waals surface area contributed by atoms with Crippen molar-refractivity contribution in [2.45, 2.75) is 26.7 Å². The lowest BCUT2D eigenvalue weighted by atomic mass is 10.1. The van der Waals surface area contributed by atoms with Crippen LogP contribution in [-0.4, -0.2) is 50.6 Å². The molecule has 1 rings (SSSR count). The molecule has 1 saturated heterocycles. The minimum absolute atomic E-state index is 0.778. The fourth-order valence-electron chi connectivity index (χ4n) is 2.07. The molecule has 94 valence electrons. The van der Waals surface area contributed by atoms with E-state index in [1.807, 2.05) is 7.05 Å². The first kappa shape index (κ1) is 13.3. The van der Waals surface area contributed by atoms with Gasteiger partial charge < -0.3 is 15.5 Å². The topological polar surface area (TPSA) is 39.7 Å². The monoisotopic (exact) mass is 226 g/mol. The van der Waals surface area contributed by atoms with Gasteiger partial charge >= 0.3 is 0 Å². The van der Waals surface area contributed by atoms with E-state index in [0.29, 0.717) is 0 Å². The van der Waals surface area contributed by atoms with Crippen molar-refractivity contribution in [1.29, 1.82) is 0 Å². The smallest absolute Gasteiger partial charge is 0.190 e. The van der Waals surface area contributed by atoms with Crippen LogP contribution in [0.2, 0.25) is 0 Å². The quantitative estimate of drug-likeness (QED) is 0.540. The largest absolute Gasteiger partial charge is 0.356 e. The highest BCUT2D eigenvalue weighted by Gasteiger charge is 2.20. The second kappa shape index (κ2) is 7.49. The van der Waals surface area contributed by atoms with Crippen molar-refractivity contribution in [1.82, 2.24) is 15.5 Å². The number of rotatable bonds is 5. The molecule has 0 bridgehead atoms. The molecule has 0 amide bonds. The van der Waals surface area contributed by atoms with Crippen LogP contribution in [-0.2, 0) is 0 Å². The van der Waals surface area contributed by atoms with Crippen molar-refractivity contribution in [3.8, 4) is 0 Å². The van der Waals surface area contributed by atoms with Crippen LogP contribution in [0, 0.1) is 5.92 Å². The van der Waals surface area contributed by atoms with Crippen LogP contribution in [0.1, 0.15) is 26.7 Å². The molecule has 0 aromatic carbocycles. The Morgan fingerprint density at radius 1 is 1.38 bits per heavy atom. The highest BCUT2D eigenvalue weighted by atomic mass is 15.2. The zero-order chi connectivity index (χ0) is 11.8. The molecule has 2 N–H and O–H groups in total. The van der Waals surface area contributed by atoms with Gasteiger partial charge in [-0.25, -0.2) is 0 Å². The van der Waals surface area contributed by atoms with Gasteiger partial charge in [0, 0.05) is 26.7 Å². The summed E-state index contributed by atoms with van der Waals surface area (Å²) in [4.78, 5) is 6.72. The molecule has 1 aliphatic rings. The van der Waals surface area contributed by atoms with E-state index in [1.165, 1.54) is 26.1 Å². The molecule has 4 nitrogen and oxygen atoms in total. The summed E-state index contributed by atoms with van der Waals surface area (Å²) in [5.74, 6) is 1.72. The number of aliphatic imine (C=N–C) groups is 1. The lowest BCUT2D eigenvalue weighted by molar-refractivity contribution is 0.342. The Hall–Kier alpha value is -0.770. The average Bonchev–Trinajstić information content (AvgIpc) is 2.77. The van der Waals surface area contributed by atoms with Crippen molar-refractivity contribution in [2.24, 2.45) is 10.9 Å². The highest BCUT2D eigenvalue weighted by molar-refractivity contribution is 5.79. The molecule has 0 saturated carbocycles. The zero-order valence-electron chi connectivity index (χ0n) is 10.9. The lowest BCUT2D eigenvalue weighted by Crippen LogP contribution is -2.40. The summed E-state index contributed by atoms with van der Waals surface area (Å²) in [5.41, 5.74) is 0. The Morgan fingerprint density at radius 3 is 2.75 bits per heavy atom. The van der Waals surface area contributed by atoms with Crippen LogP contribution in [0.4, 0.5) is 0 Å².